The van der Waals surface area contributed by atoms with Gasteiger partial charge in [-0.3, -0.25) is 9.88 Å². The Bertz CT molecular complexity index is 455. The van der Waals surface area contributed by atoms with Crippen LogP contribution in [0.1, 0.15) is 17.3 Å². The Balaban J connectivity index is 1.80. The summed E-state index contributed by atoms with van der Waals surface area (Å²) in [6.45, 7) is 3.44. The van der Waals surface area contributed by atoms with Crippen molar-refractivity contribution in [3.05, 3.63) is 41.9 Å². The van der Waals surface area contributed by atoms with Crippen molar-refractivity contribution in [2.75, 3.05) is 13.6 Å². The Kier molecular flexibility index (Phi) is 3.82. The molecular weight excluding hydrogens is 216 g/mol. The number of hydrogen-bond donors (Lipinski definition) is 0. The van der Waals surface area contributed by atoms with E-state index in [9.17, 15) is 0 Å². The van der Waals surface area contributed by atoms with Gasteiger partial charge in [0, 0.05) is 25.9 Å². The first kappa shape index (κ1) is 11.7. The van der Waals surface area contributed by atoms with Gasteiger partial charge in [-0.25, -0.2) is 0 Å². The quantitative estimate of drug-likeness (QED) is 0.781. The fourth-order valence-corrected chi connectivity index (χ4v) is 1.58. The van der Waals surface area contributed by atoms with E-state index in [1.807, 2.05) is 31.6 Å². The van der Waals surface area contributed by atoms with Crippen molar-refractivity contribution in [3.8, 4) is 0 Å². The van der Waals surface area contributed by atoms with E-state index in [2.05, 4.69) is 20.1 Å². The van der Waals surface area contributed by atoms with E-state index >= 15 is 0 Å². The third-order valence-corrected chi connectivity index (χ3v) is 2.50. The monoisotopic (exact) mass is 232 g/mol. The molecule has 0 spiro atoms. The summed E-state index contributed by atoms with van der Waals surface area (Å²) in [5.41, 5.74) is 1.29. The number of nitrogens with zero attached hydrogens (tertiary/aromatic N) is 4. The van der Waals surface area contributed by atoms with E-state index < -0.39 is 0 Å². The molecule has 0 N–H and O–H groups in total. The summed E-state index contributed by atoms with van der Waals surface area (Å²) >= 11 is 0. The SMILES string of the molecule is Cc1nnc(CN(C)CCc2ccncc2)o1. The minimum Gasteiger partial charge on any atom is -0.424 e. The van der Waals surface area contributed by atoms with Crippen molar-refractivity contribution < 1.29 is 4.42 Å². The topological polar surface area (TPSA) is 55.1 Å². The molecule has 2 heterocycles. The fraction of sp³-hybridized carbons (Fsp3) is 0.417. The average molecular weight is 232 g/mol. The van der Waals surface area contributed by atoms with E-state index in [4.69, 9.17) is 4.42 Å². The first-order chi connectivity index (χ1) is 8.24. The van der Waals surface area contributed by atoms with Crippen LogP contribution in [-0.4, -0.2) is 33.7 Å². The molecule has 0 fully saturated rings. The fourth-order valence-electron chi connectivity index (χ4n) is 1.58. The maximum Gasteiger partial charge on any atom is 0.230 e. The van der Waals surface area contributed by atoms with Gasteiger partial charge in [0.15, 0.2) is 0 Å². The Morgan fingerprint density at radius 2 is 2.00 bits per heavy atom. The summed E-state index contributed by atoms with van der Waals surface area (Å²) in [7, 11) is 2.04. The molecular formula is C12H16N4O. The van der Waals surface area contributed by atoms with E-state index in [0.717, 1.165) is 13.0 Å². The van der Waals surface area contributed by atoms with Crippen molar-refractivity contribution in [2.24, 2.45) is 0 Å². The minimum absolute atomic E-state index is 0.613. The van der Waals surface area contributed by atoms with Crippen molar-refractivity contribution >= 4 is 0 Å². The van der Waals surface area contributed by atoms with Crippen LogP contribution in [0.4, 0.5) is 0 Å². The summed E-state index contributed by atoms with van der Waals surface area (Å²) in [6, 6.07) is 4.06. The molecule has 2 aromatic heterocycles. The number of rotatable bonds is 5. The van der Waals surface area contributed by atoms with Crippen molar-refractivity contribution in [1.82, 2.24) is 20.1 Å². The van der Waals surface area contributed by atoms with Gasteiger partial charge < -0.3 is 4.42 Å². The van der Waals surface area contributed by atoms with Crippen LogP contribution in [0.25, 0.3) is 0 Å². The Morgan fingerprint density at radius 1 is 1.24 bits per heavy atom. The minimum atomic E-state index is 0.613. The van der Waals surface area contributed by atoms with E-state index in [1.54, 1.807) is 6.92 Å². The molecule has 0 saturated carbocycles. The molecule has 0 radical (unpaired) electrons. The second-order valence-corrected chi connectivity index (χ2v) is 4.06. The van der Waals surface area contributed by atoms with Crippen molar-refractivity contribution in [2.45, 2.75) is 19.9 Å². The lowest BCUT2D eigenvalue weighted by molar-refractivity contribution is 0.289. The molecule has 0 aliphatic rings. The van der Waals surface area contributed by atoms with Crippen LogP contribution in [0.15, 0.2) is 28.9 Å². The highest BCUT2D eigenvalue weighted by Gasteiger charge is 2.06. The molecule has 2 aromatic rings. The molecule has 0 amide bonds. The van der Waals surface area contributed by atoms with Gasteiger partial charge in [-0.15, -0.1) is 10.2 Å². The van der Waals surface area contributed by atoms with Crippen LogP contribution in [-0.2, 0) is 13.0 Å². The van der Waals surface area contributed by atoms with Gasteiger partial charge in [-0.2, -0.15) is 0 Å². The summed E-state index contributed by atoms with van der Waals surface area (Å²) in [5, 5.41) is 7.78. The van der Waals surface area contributed by atoms with E-state index in [1.165, 1.54) is 5.56 Å². The maximum absolute atomic E-state index is 5.33. The lowest BCUT2D eigenvalue weighted by Crippen LogP contribution is -2.20. The molecule has 0 aliphatic heterocycles. The molecule has 17 heavy (non-hydrogen) atoms. The molecule has 5 heteroatoms. The first-order valence-electron chi connectivity index (χ1n) is 5.60. The molecule has 0 aliphatic carbocycles. The second-order valence-electron chi connectivity index (χ2n) is 4.06. The lowest BCUT2D eigenvalue weighted by atomic mass is 10.2. The summed E-state index contributed by atoms with van der Waals surface area (Å²) < 4.78 is 5.33. The highest BCUT2D eigenvalue weighted by atomic mass is 16.4. The van der Waals surface area contributed by atoms with Gasteiger partial charge in [0.1, 0.15) is 0 Å². The molecule has 0 aromatic carbocycles. The predicted octanol–water partition coefficient (Wildman–Crippen LogP) is 1.45. The second kappa shape index (κ2) is 5.54. The molecule has 5 nitrogen and oxygen atoms in total. The van der Waals surface area contributed by atoms with Crippen LogP contribution in [0.3, 0.4) is 0 Å². The van der Waals surface area contributed by atoms with Gasteiger partial charge in [0.25, 0.3) is 0 Å². The standard InChI is InChI=1S/C12H16N4O/c1-10-14-15-12(17-10)9-16(2)8-5-11-3-6-13-7-4-11/h3-4,6-7H,5,8-9H2,1-2H3. The Labute approximate surface area is 100 Å². The molecule has 2 rings (SSSR count). The third kappa shape index (κ3) is 3.64. The number of aromatic nitrogens is 3. The van der Waals surface area contributed by atoms with Gasteiger partial charge in [0.05, 0.1) is 6.54 Å². The molecule has 0 unspecified atom stereocenters. The molecule has 90 valence electrons. The normalized spacial score (nSPS) is 11.0. The largest absolute Gasteiger partial charge is 0.424 e. The van der Waals surface area contributed by atoms with Gasteiger partial charge in [-0.05, 0) is 31.2 Å². The van der Waals surface area contributed by atoms with Gasteiger partial charge >= 0.3 is 0 Å². The number of likely N-dealkylation sites (N-methyl/N-ethyl adjacent to an activating group) is 1. The van der Waals surface area contributed by atoms with Crippen LogP contribution in [0.5, 0.6) is 0 Å². The summed E-state index contributed by atoms with van der Waals surface area (Å²) in [4.78, 5) is 6.16. The van der Waals surface area contributed by atoms with Crippen LogP contribution < -0.4 is 0 Å². The van der Waals surface area contributed by atoms with Crippen LogP contribution in [0, 0.1) is 6.92 Å². The van der Waals surface area contributed by atoms with E-state index in [-0.39, 0.29) is 0 Å². The van der Waals surface area contributed by atoms with Gasteiger partial charge in [-0.1, -0.05) is 0 Å². The molecule has 0 bridgehead atoms. The highest BCUT2D eigenvalue weighted by molar-refractivity contribution is 5.09. The van der Waals surface area contributed by atoms with E-state index in [0.29, 0.717) is 18.3 Å². The van der Waals surface area contributed by atoms with Crippen molar-refractivity contribution in [1.29, 1.82) is 0 Å². The Hall–Kier alpha value is -1.75. The zero-order valence-corrected chi connectivity index (χ0v) is 10.1. The smallest absolute Gasteiger partial charge is 0.230 e. The number of aryl methyl sites for hydroxylation is 1. The third-order valence-electron chi connectivity index (χ3n) is 2.50. The van der Waals surface area contributed by atoms with Crippen LogP contribution in [0.2, 0.25) is 0 Å². The summed E-state index contributed by atoms with van der Waals surface area (Å²) in [5.74, 6) is 1.28. The number of pyridine rings is 1. The predicted molar refractivity (Wildman–Crippen MR) is 63.3 cm³/mol. The summed E-state index contributed by atoms with van der Waals surface area (Å²) in [6.07, 6.45) is 4.62. The Morgan fingerprint density at radius 3 is 2.65 bits per heavy atom. The molecule has 0 saturated heterocycles. The first-order valence-corrected chi connectivity index (χ1v) is 5.60. The van der Waals surface area contributed by atoms with Crippen molar-refractivity contribution in [3.63, 3.8) is 0 Å². The highest BCUT2D eigenvalue weighted by Crippen LogP contribution is 2.03. The zero-order valence-electron chi connectivity index (χ0n) is 10.1. The number of hydrogen-bond acceptors (Lipinski definition) is 5. The van der Waals surface area contributed by atoms with Crippen LogP contribution >= 0.6 is 0 Å². The zero-order chi connectivity index (χ0) is 12.1. The molecule has 0 atom stereocenters. The average Bonchev–Trinajstić information content (AvgIpc) is 2.73. The maximum atomic E-state index is 5.33. The van der Waals surface area contributed by atoms with Gasteiger partial charge in [0.2, 0.25) is 11.8 Å². The lowest BCUT2D eigenvalue weighted by Gasteiger charge is -2.13.